The van der Waals surface area contributed by atoms with E-state index in [-0.39, 0.29) is 29.9 Å². The smallest absolute Gasteiger partial charge is 0.242 e. The lowest BCUT2D eigenvalue weighted by Crippen LogP contribution is -2.48. The molecule has 1 atom stereocenters. The lowest BCUT2D eigenvalue weighted by molar-refractivity contribution is -0.138. The van der Waals surface area contributed by atoms with Crippen LogP contribution in [0.2, 0.25) is 0 Å². The summed E-state index contributed by atoms with van der Waals surface area (Å²) in [6.45, 7) is 6.31. The molecule has 0 saturated heterocycles. The number of nitrogens with one attached hydrogen (secondary N) is 1. The topological polar surface area (TPSA) is 49.4 Å². The number of hydrogen-bond acceptors (Lipinski definition) is 3. The largest absolute Gasteiger partial charge is 0.354 e. The molecule has 1 N–H and O–H groups in total. The Hall–Kier alpha value is -2.34. The molecule has 2 aromatic carbocycles. The molecule has 0 heterocycles. The molecule has 2 amide bonds. The first-order chi connectivity index (χ1) is 13.9. The molecule has 2 aromatic rings. The van der Waals surface area contributed by atoms with Gasteiger partial charge < -0.3 is 10.2 Å². The zero-order valence-corrected chi connectivity index (χ0v) is 18.1. The third kappa shape index (κ3) is 7.20. The lowest BCUT2D eigenvalue weighted by Gasteiger charge is -2.29. The van der Waals surface area contributed by atoms with Gasteiger partial charge in [-0.1, -0.05) is 55.0 Å². The minimum atomic E-state index is -0.673. The summed E-state index contributed by atoms with van der Waals surface area (Å²) in [6, 6.07) is 13.8. The van der Waals surface area contributed by atoms with Gasteiger partial charge in [-0.15, -0.1) is 11.8 Å². The molecule has 0 saturated carbocycles. The van der Waals surface area contributed by atoms with Gasteiger partial charge in [-0.25, -0.2) is 4.39 Å². The number of aryl methyl sites for hydroxylation is 1. The number of carbonyl (C=O) groups is 2. The maximum atomic E-state index is 14.1. The highest BCUT2D eigenvalue weighted by Crippen LogP contribution is 2.18. The van der Waals surface area contributed by atoms with Crippen LogP contribution < -0.4 is 5.32 Å². The zero-order chi connectivity index (χ0) is 21.2. The maximum Gasteiger partial charge on any atom is 0.242 e. The van der Waals surface area contributed by atoms with Gasteiger partial charge in [0.1, 0.15) is 11.9 Å². The van der Waals surface area contributed by atoms with E-state index in [0.29, 0.717) is 17.9 Å². The number of thioether (sulfide) groups is 1. The summed E-state index contributed by atoms with van der Waals surface area (Å²) in [5.74, 6) is 0.162. The van der Waals surface area contributed by atoms with E-state index in [0.717, 1.165) is 12.0 Å². The number of benzene rings is 2. The third-order valence-corrected chi connectivity index (χ3v) is 5.58. The van der Waals surface area contributed by atoms with Crippen LogP contribution in [-0.4, -0.2) is 35.1 Å². The van der Waals surface area contributed by atoms with E-state index in [4.69, 9.17) is 0 Å². The predicted molar refractivity (Wildman–Crippen MR) is 117 cm³/mol. The fourth-order valence-corrected chi connectivity index (χ4v) is 3.79. The van der Waals surface area contributed by atoms with Crippen LogP contribution >= 0.6 is 11.8 Å². The van der Waals surface area contributed by atoms with Crippen LogP contribution in [0.5, 0.6) is 0 Å². The van der Waals surface area contributed by atoms with Crippen LogP contribution in [0.1, 0.15) is 37.0 Å². The molecule has 4 nitrogen and oxygen atoms in total. The Morgan fingerprint density at radius 1 is 1.17 bits per heavy atom. The molecule has 0 aliphatic carbocycles. The van der Waals surface area contributed by atoms with Crippen molar-refractivity contribution in [2.45, 2.75) is 45.5 Å². The Morgan fingerprint density at radius 3 is 2.62 bits per heavy atom. The number of nitrogens with zero attached hydrogens (tertiary/aromatic N) is 1. The van der Waals surface area contributed by atoms with Gasteiger partial charge in [-0.05, 0) is 31.9 Å². The fraction of sp³-hybridized carbons (Fsp3) is 0.391. The van der Waals surface area contributed by atoms with Crippen molar-refractivity contribution in [2.75, 3.05) is 12.3 Å². The van der Waals surface area contributed by atoms with Crippen LogP contribution in [0.3, 0.4) is 0 Å². The van der Waals surface area contributed by atoms with Crippen molar-refractivity contribution in [1.82, 2.24) is 10.2 Å². The summed E-state index contributed by atoms with van der Waals surface area (Å²) >= 11 is 1.50. The third-order valence-electron chi connectivity index (χ3n) is 4.59. The Labute approximate surface area is 176 Å². The molecule has 0 spiro atoms. The van der Waals surface area contributed by atoms with E-state index < -0.39 is 6.04 Å². The van der Waals surface area contributed by atoms with E-state index in [1.165, 1.54) is 28.3 Å². The molecular formula is C23H29FN2O2S. The van der Waals surface area contributed by atoms with Crippen molar-refractivity contribution < 1.29 is 14.0 Å². The van der Waals surface area contributed by atoms with E-state index in [9.17, 15) is 14.0 Å². The van der Waals surface area contributed by atoms with Crippen LogP contribution in [0.4, 0.5) is 4.39 Å². The fourth-order valence-electron chi connectivity index (χ4n) is 2.93. The molecule has 2 rings (SSSR count). The average Bonchev–Trinajstić information content (AvgIpc) is 2.71. The monoisotopic (exact) mass is 416 g/mol. The van der Waals surface area contributed by atoms with Crippen molar-refractivity contribution in [3.8, 4) is 0 Å². The van der Waals surface area contributed by atoms with Crippen LogP contribution in [0.25, 0.3) is 0 Å². The van der Waals surface area contributed by atoms with Crippen molar-refractivity contribution in [1.29, 1.82) is 0 Å². The van der Waals surface area contributed by atoms with Crippen molar-refractivity contribution in [3.63, 3.8) is 0 Å². The van der Waals surface area contributed by atoms with Crippen LogP contribution in [0, 0.1) is 12.7 Å². The SMILES string of the molecule is CCCNC(=O)C(C)N(Cc1ccccc1F)C(=O)CSCc1cccc(C)c1. The summed E-state index contributed by atoms with van der Waals surface area (Å²) in [5.41, 5.74) is 2.73. The molecule has 0 radical (unpaired) electrons. The summed E-state index contributed by atoms with van der Waals surface area (Å²) in [4.78, 5) is 26.9. The molecule has 0 aromatic heterocycles. The highest BCUT2D eigenvalue weighted by Gasteiger charge is 2.26. The molecule has 0 aliphatic heterocycles. The first-order valence-corrected chi connectivity index (χ1v) is 11.0. The first-order valence-electron chi connectivity index (χ1n) is 9.86. The van der Waals surface area contributed by atoms with E-state index >= 15 is 0 Å². The molecular weight excluding hydrogens is 387 g/mol. The highest BCUT2D eigenvalue weighted by molar-refractivity contribution is 7.99. The molecule has 156 valence electrons. The van der Waals surface area contributed by atoms with Gasteiger partial charge in [0.25, 0.3) is 0 Å². The number of carbonyl (C=O) groups excluding carboxylic acids is 2. The summed E-state index contributed by atoms with van der Waals surface area (Å²) in [5, 5.41) is 2.82. The second-order valence-electron chi connectivity index (χ2n) is 7.06. The van der Waals surface area contributed by atoms with Crippen molar-refractivity contribution >= 4 is 23.6 Å². The average molecular weight is 417 g/mol. The van der Waals surface area contributed by atoms with Crippen LogP contribution in [-0.2, 0) is 21.9 Å². The number of halogens is 1. The number of rotatable bonds is 10. The summed E-state index contributed by atoms with van der Waals surface area (Å²) < 4.78 is 14.1. The quantitative estimate of drug-likeness (QED) is 0.628. The maximum absolute atomic E-state index is 14.1. The minimum absolute atomic E-state index is 0.0667. The minimum Gasteiger partial charge on any atom is -0.354 e. The van der Waals surface area contributed by atoms with Gasteiger partial charge >= 0.3 is 0 Å². The standard InChI is InChI=1S/C23H29FN2O2S/c1-4-12-25-23(28)18(3)26(14-20-10-5-6-11-21(20)24)22(27)16-29-15-19-9-7-8-17(2)13-19/h5-11,13,18H,4,12,14-16H2,1-3H3,(H,25,28). The summed E-state index contributed by atoms with van der Waals surface area (Å²) in [6.07, 6.45) is 0.812. The van der Waals surface area contributed by atoms with Gasteiger partial charge in [0, 0.05) is 24.4 Å². The molecule has 1 unspecified atom stereocenters. The van der Waals surface area contributed by atoms with Crippen molar-refractivity contribution in [2.24, 2.45) is 0 Å². The second kappa shape index (κ2) is 11.6. The molecule has 0 aliphatic rings. The molecule has 0 bridgehead atoms. The van der Waals surface area contributed by atoms with Gasteiger partial charge in [0.2, 0.25) is 11.8 Å². The number of hydrogen-bond donors (Lipinski definition) is 1. The lowest BCUT2D eigenvalue weighted by atomic mass is 10.1. The Balaban J connectivity index is 2.07. The molecule has 6 heteroatoms. The van der Waals surface area contributed by atoms with E-state index in [1.807, 2.05) is 32.0 Å². The summed E-state index contributed by atoms with van der Waals surface area (Å²) in [7, 11) is 0. The van der Waals surface area contributed by atoms with E-state index in [2.05, 4.69) is 11.4 Å². The molecule has 0 fully saturated rings. The van der Waals surface area contributed by atoms with E-state index in [1.54, 1.807) is 25.1 Å². The van der Waals surface area contributed by atoms with Gasteiger partial charge in [-0.3, -0.25) is 9.59 Å². The Bertz CT molecular complexity index is 828. The predicted octanol–water partition coefficient (Wildman–Crippen LogP) is 4.31. The highest BCUT2D eigenvalue weighted by atomic mass is 32.2. The second-order valence-corrected chi connectivity index (χ2v) is 8.05. The Kier molecular flexibility index (Phi) is 9.19. The zero-order valence-electron chi connectivity index (χ0n) is 17.3. The van der Waals surface area contributed by atoms with Gasteiger partial charge in [-0.2, -0.15) is 0 Å². The van der Waals surface area contributed by atoms with Gasteiger partial charge in [0.05, 0.1) is 5.75 Å². The number of amides is 2. The van der Waals surface area contributed by atoms with Crippen molar-refractivity contribution in [3.05, 3.63) is 71.0 Å². The first kappa shape index (κ1) is 22.9. The Morgan fingerprint density at radius 2 is 1.93 bits per heavy atom. The normalized spacial score (nSPS) is 11.7. The van der Waals surface area contributed by atoms with Crippen LogP contribution in [0.15, 0.2) is 48.5 Å². The molecule has 29 heavy (non-hydrogen) atoms. The van der Waals surface area contributed by atoms with Gasteiger partial charge in [0.15, 0.2) is 0 Å².